The van der Waals surface area contributed by atoms with E-state index in [-0.39, 0.29) is 17.9 Å². The molecule has 5 heteroatoms. The molecule has 20 heavy (non-hydrogen) atoms. The summed E-state index contributed by atoms with van der Waals surface area (Å²) in [7, 11) is 1.37. The van der Waals surface area contributed by atoms with Crippen LogP contribution in [0.1, 0.15) is 18.4 Å². The largest absolute Gasteiger partial charge is 0.467 e. The molecule has 2 atom stereocenters. The van der Waals surface area contributed by atoms with Gasteiger partial charge in [0.25, 0.3) is 0 Å². The van der Waals surface area contributed by atoms with Gasteiger partial charge in [0.05, 0.1) is 13.2 Å². The molecule has 3 aliphatic heterocycles. The predicted molar refractivity (Wildman–Crippen MR) is 72.8 cm³/mol. The maximum Gasteiger partial charge on any atom is 0.332 e. The lowest BCUT2D eigenvalue weighted by atomic mass is 9.80. The van der Waals surface area contributed by atoms with Gasteiger partial charge in [-0.05, 0) is 18.4 Å². The minimum atomic E-state index is -0.866. The third-order valence-electron chi connectivity index (χ3n) is 4.23. The molecule has 2 bridgehead atoms. The molecule has 3 fully saturated rings. The van der Waals surface area contributed by atoms with Gasteiger partial charge >= 0.3 is 5.97 Å². The fourth-order valence-corrected chi connectivity index (χ4v) is 3.22. The lowest BCUT2D eigenvalue weighted by Crippen LogP contribution is -2.74. The van der Waals surface area contributed by atoms with Gasteiger partial charge in [0, 0.05) is 13.1 Å². The number of carbonyl (C=O) groups is 2. The second kappa shape index (κ2) is 4.90. The van der Waals surface area contributed by atoms with Crippen LogP contribution in [0.3, 0.4) is 0 Å². The first kappa shape index (κ1) is 13.1. The number of amides is 1. The van der Waals surface area contributed by atoms with Gasteiger partial charge in [-0.25, -0.2) is 4.79 Å². The number of hydrogen-bond acceptors (Lipinski definition) is 4. The number of piperazine rings is 1. The molecule has 0 aliphatic carbocycles. The topological polar surface area (TPSA) is 58.6 Å². The third kappa shape index (κ3) is 2.08. The molecule has 0 spiro atoms. The predicted octanol–water partition coefficient (Wildman–Crippen LogP) is 0.693. The lowest BCUT2D eigenvalue weighted by Gasteiger charge is -2.50. The first-order chi connectivity index (χ1) is 9.64. The fraction of sp³-hybridized carbons (Fsp3) is 0.467. The van der Waals surface area contributed by atoms with Gasteiger partial charge in [-0.3, -0.25) is 9.69 Å². The number of rotatable bonds is 3. The zero-order valence-electron chi connectivity index (χ0n) is 11.5. The van der Waals surface area contributed by atoms with E-state index in [0.29, 0.717) is 25.9 Å². The van der Waals surface area contributed by atoms with Gasteiger partial charge in [0.15, 0.2) is 5.54 Å². The Morgan fingerprint density at radius 1 is 1.45 bits per heavy atom. The molecule has 3 heterocycles. The second-order valence-corrected chi connectivity index (χ2v) is 5.51. The van der Waals surface area contributed by atoms with Gasteiger partial charge in [-0.1, -0.05) is 30.3 Å². The van der Waals surface area contributed by atoms with E-state index in [1.54, 1.807) is 0 Å². The van der Waals surface area contributed by atoms with E-state index in [9.17, 15) is 9.59 Å². The number of ether oxygens (including phenoxy) is 1. The highest BCUT2D eigenvalue weighted by Gasteiger charge is 2.54. The van der Waals surface area contributed by atoms with Crippen LogP contribution in [0.5, 0.6) is 0 Å². The van der Waals surface area contributed by atoms with Crippen LogP contribution < -0.4 is 5.32 Å². The maximum atomic E-state index is 12.1. The Bertz CT molecular complexity index is 531. The van der Waals surface area contributed by atoms with Crippen LogP contribution in [-0.4, -0.2) is 42.0 Å². The van der Waals surface area contributed by atoms with Crippen molar-refractivity contribution in [2.24, 2.45) is 0 Å². The minimum absolute atomic E-state index is 0.0659. The normalized spacial score (nSPS) is 29.1. The van der Waals surface area contributed by atoms with Crippen LogP contribution in [0.4, 0.5) is 0 Å². The number of esters is 1. The van der Waals surface area contributed by atoms with Gasteiger partial charge < -0.3 is 10.1 Å². The summed E-state index contributed by atoms with van der Waals surface area (Å²) >= 11 is 0. The lowest BCUT2D eigenvalue weighted by molar-refractivity contribution is -0.163. The molecule has 5 nitrogen and oxygen atoms in total. The van der Waals surface area contributed by atoms with Crippen molar-refractivity contribution < 1.29 is 14.3 Å². The summed E-state index contributed by atoms with van der Waals surface area (Å²) < 4.78 is 4.88. The number of nitrogens with one attached hydrogen (secondary N) is 1. The Morgan fingerprint density at radius 2 is 2.20 bits per heavy atom. The van der Waals surface area contributed by atoms with Gasteiger partial charge in [-0.15, -0.1) is 0 Å². The Morgan fingerprint density at radius 3 is 2.85 bits per heavy atom. The van der Waals surface area contributed by atoms with Gasteiger partial charge in [0.1, 0.15) is 0 Å². The molecule has 2 unspecified atom stereocenters. The van der Waals surface area contributed by atoms with Crippen molar-refractivity contribution in [2.45, 2.75) is 31.0 Å². The summed E-state index contributed by atoms with van der Waals surface area (Å²) in [6, 6.07) is 9.85. The molecule has 1 aromatic rings. The minimum Gasteiger partial charge on any atom is -0.467 e. The molecule has 1 amide bonds. The van der Waals surface area contributed by atoms with E-state index in [1.165, 1.54) is 7.11 Å². The molecule has 0 aromatic heterocycles. The molecule has 4 rings (SSSR count). The van der Waals surface area contributed by atoms with Crippen molar-refractivity contribution >= 4 is 11.9 Å². The number of methoxy groups -OCH3 is 1. The average molecular weight is 274 g/mol. The van der Waals surface area contributed by atoms with Crippen molar-refractivity contribution in [3.63, 3.8) is 0 Å². The SMILES string of the molecule is COC(=O)C12CCC(C(=O)N1)N(Cc1ccccc1)C2. The van der Waals surface area contributed by atoms with E-state index in [1.807, 2.05) is 30.3 Å². The van der Waals surface area contributed by atoms with Crippen LogP contribution in [0.15, 0.2) is 30.3 Å². The average Bonchev–Trinajstić information content (AvgIpc) is 2.47. The van der Waals surface area contributed by atoms with Crippen molar-refractivity contribution in [2.75, 3.05) is 13.7 Å². The fourth-order valence-electron chi connectivity index (χ4n) is 3.22. The summed E-state index contributed by atoms with van der Waals surface area (Å²) in [4.78, 5) is 26.2. The molecule has 0 radical (unpaired) electrons. The molecule has 106 valence electrons. The van der Waals surface area contributed by atoms with Crippen LogP contribution in [0.25, 0.3) is 0 Å². The van der Waals surface area contributed by atoms with Crippen LogP contribution in [0.2, 0.25) is 0 Å². The van der Waals surface area contributed by atoms with Crippen LogP contribution >= 0.6 is 0 Å². The van der Waals surface area contributed by atoms with Crippen LogP contribution in [-0.2, 0) is 20.9 Å². The summed E-state index contributed by atoms with van der Waals surface area (Å²) in [5, 5.41) is 2.84. The van der Waals surface area contributed by atoms with Crippen LogP contribution in [0, 0.1) is 0 Å². The second-order valence-electron chi connectivity index (χ2n) is 5.51. The molecule has 3 aliphatic rings. The molecule has 0 saturated carbocycles. The zero-order chi connectivity index (χ0) is 14.2. The Labute approximate surface area is 117 Å². The van der Waals surface area contributed by atoms with Crippen molar-refractivity contribution in [1.82, 2.24) is 10.2 Å². The van der Waals surface area contributed by atoms with Crippen molar-refractivity contribution in [3.05, 3.63) is 35.9 Å². The van der Waals surface area contributed by atoms with E-state index in [0.717, 1.165) is 5.56 Å². The quantitative estimate of drug-likeness (QED) is 0.824. The first-order valence-electron chi connectivity index (χ1n) is 6.83. The number of hydrogen-bond donors (Lipinski definition) is 1. The van der Waals surface area contributed by atoms with Crippen molar-refractivity contribution in [1.29, 1.82) is 0 Å². The van der Waals surface area contributed by atoms with E-state index in [2.05, 4.69) is 10.2 Å². The number of benzene rings is 1. The Kier molecular flexibility index (Phi) is 3.22. The number of piperidine rings is 2. The van der Waals surface area contributed by atoms with Gasteiger partial charge in [-0.2, -0.15) is 0 Å². The smallest absolute Gasteiger partial charge is 0.332 e. The van der Waals surface area contributed by atoms with E-state index < -0.39 is 5.54 Å². The molecular formula is C15H18N2O3. The maximum absolute atomic E-state index is 12.1. The Hall–Kier alpha value is -1.88. The molecule has 1 aromatic carbocycles. The standard InChI is InChI=1S/C15H18N2O3/c1-20-14(19)15-8-7-12(13(18)16-15)17(10-15)9-11-5-3-2-4-6-11/h2-6,12H,7-10H2,1H3,(H,16,18). The van der Waals surface area contributed by atoms with Crippen molar-refractivity contribution in [3.8, 4) is 0 Å². The Balaban J connectivity index is 1.83. The zero-order valence-corrected chi connectivity index (χ0v) is 11.5. The number of nitrogens with zero attached hydrogens (tertiary/aromatic N) is 1. The third-order valence-corrected chi connectivity index (χ3v) is 4.23. The summed E-state index contributed by atoms with van der Waals surface area (Å²) in [5.74, 6) is -0.411. The highest BCUT2D eigenvalue weighted by atomic mass is 16.5. The first-order valence-corrected chi connectivity index (χ1v) is 6.83. The van der Waals surface area contributed by atoms with E-state index in [4.69, 9.17) is 4.74 Å². The highest BCUT2D eigenvalue weighted by Crippen LogP contribution is 2.33. The van der Waals surface area contributed by atoms with E-state index >= 15 is 0 Å². The number of carbonyl (C=O) groups excluding carboxylic acids is 2. The molecule has 3 saturated heterocycles. The highest BCUT2D eigenvalue weighted by molar-refractivity contribution is 5.93. The number of fused-ring (bicyclic) bond motifs is 3. The summed E-state index contributed by atoms with van der Waals surface area (Å²) in [6.07, 6.45) is 1.36. The monoisotopic (exact) mass is 274 g/mol. The van der Waals surface area contributed by atoms with Gasteiger partial charge in [0.2, 0.25) is 5.91 Å². The molecular weight excluding hydrogens is 256 g/mol. The summed E-state index contributed by atoms with van der Waals surface area (Å²) in [5.41, 5.74) is 0.280. The summed E-state index contributed by atoms with van der Waals surface area (Å²) in [6.45, 7) is 1.20. The molecule has 1 N–H and O–H groups in total.